The van der Waals surface area contributed by atoms with Crippen LogP contribution in [0.2, 0.25) is 0 Å². The van der Waals surface area contributed by atoms with E-state index in [0.29, 0.717) is 17.1 Å². The first-order valence-corrected chi connectivity index (χ1v) is 7.91. The summed E-state index contributed by atoms with van der Waals surface area (Å²) in [6.45, 7) is 5.08. The molecule has 1 amide bonds. The number of hydrogen-bond donors (Lipinski definition) is 0. The van der Waals surface area contributed by atoms with Crippen LogP contribution >= 0.6 is 0 Å². The fraction of sp³-hybridized carbons (Fsp3) is 0.588. The van der Waals surface area contributed by atoms with Crippen LogP contribution in [-0.2, 0) is 4.74 Å². The summed E-state index contributed by atoms with van der Waals surface area (Å²) in [6.07, 6.45) is 1.03. The number of hydrogen-bond acceptors (Lipinski definition) is 5. The minimum absolute atomic E-state index is 0.0266. The molecule has 0 N–H and O–H groups in total. The molecule has 1 heterocycles. The summed E-state index contributed by atoms with van der Waals surface area (Å²) in [6, 6.07) is 5.29. The first kappa shape index (κ1) is 17.6. The Balaban J connectivity index is 1.94. The molecule has 0 radical (unpaired) electrons. The van der Waals surface area contributed by atoms with Gasteiger partial charge in [0.2, 0.25) is 0 Å². The van der Waals surface area contributed by atoms with Crippen molar-refractivity contribution in [3.05, 3.63) is 23.8 Å². The molecule has 0 atom stereocenters. The van der Waals surface area contributed by atoms with Gasteiger partial charge in [0.15, 0.2) is 0 Å². The minimum Gasteiger partial charge on any atom is -0.497 e. The van der Waals surface area contributed by atoms with Gasteiger partial charge in [0, 0.05) is 58.1 Å². The molecule has 23 heavy (non-hydrogen) atoms. The van der Waals surface area contributed by atoms with Gasteiger partial charge < -0.3 is 19.1 Å². The molecular formula is C17H26N2O4. The second-order valence-electron chi connectivity index (χ2n) is 5.58. The van der Waals surface area contributed by atoms with Gasteiger partial charge in [-0.1, -0.05) is 0 Å². The van der Waals surface area contributed by atoms with Crippen molar-refractivity contribution >= 4 is 5.91 Å². The molecule has 1 aliphatic heterocycles. The van der Waals surface area contributed by atoms with Crippen LogP contribution < -0.4 is 9.47 Å². The van der Waals surface area contributed by atoms with E-state index in [-0.39, 0.29) is 5.91 Å². The monoisotopic (exact) mass is 322 g/mol. The van der Waals surface area contributed by atoms with Crippen LogP contribution in [-0.4, -0.2) is 76.4 Å². The van der Waals surface area contributed by atoms with Crippen molar-refractivity contribution in [2.24, 2.45) is 0 Å². The first-order valence-electron chi connectivity index (χ1n) is 7.91. The van der Waals surface area contributed by atoms with Crippen LogP contribution in [0.3, 0.4) is 0 Å². The number of carbonyl (C=O) groups excluding carboxylic acids is 1. The second-order valence-corrected chi connectivity index (χ2v) is 5.58. The van der Waals surface area contributed by atoms with E-state index >= 15 is 0 Å². The Morgan fingerprint density at radius 2 is 1.61 bits per heavy atom. The van der Waals surface area contributed by atoms with Gasteiger partial charge in [-0.2, -0.15) is 0 Å². The topological polar surface area (TPSA) is 51.2 Å². The van der Waals surface area contributed by atoms with Gasteiger partial charge >= 0.3 is 0 Å². The predicted octanol–water partition coefficient (Wildman–Crippen LogP) is 1.50. The average Bonchev–Trinajstić information content (AvgIpc) is 2.61. The van der Waals surface area contributed by atoms with Crippen molar-refractivity contribution < 1.29 is 19.0 Å². The van der Waals surface area contributed by atoms with E-state index in [9.17, 15) is 4.79 Å². The van der Waals surface area contributed by atoms with Crippen LogP contribution in [0, 0.1) is 0 Å². The molecule has 0 aromatic heterocycles. The number of piperazine rings is 1. The van der Waals surface area contributed by atoms with Gasteiger partial charge in [0.1, 0.15) is 11.5 Å². The molecule has 1 aromatic carbocycles. The maximum atomic E-state index is 12.7. The summed E-state index contributed by atoms with van der Waals surface area (Å²) in [7, 11) is 4.89. The molecule has 0 bridgehead atoms. The van der Waals surface area contributed by atoms with Gasteiger partial charge in [-0.25, -0.2) is 0 Å². The van der Waals surface area contributed by atoms with Gasteiger partial charge in [0.05, 0.1) is 14.2 Å². The van der Waals surface area contributed by atoms with Crippen molar-refractivity contribution in [1.82, 2.24) is 9.80 Å². The fourth-order valence-electron chi connectivity index (χ4n) is 2.72. The maximum Gasteiger partial charge on any atom is 0.254 e. The largest absolute Gasteiger partial charge is 0.497 e. The molecule has 128 valence electrons. The molecule has 6 heteroatoms. The zero-order valence-corrected chi connectivity index (χ0v) is 14.2. The highest BCUT2D eigenvalue weighted by Crippen LogP contribution is 2.23. The fourth-order valence-corrected chi connectivity index (χ4v) is 2.72. The summed E-state index contributed by atoms with van der Waals surface area (Å²) >= 11 is 0. The zero-order chi connectivity index (χ0) is 16.7. The van der Waals surface area contributed by atoms with Gasteiger partial charge in [-0.15, -0.1) is 0 Å². The number of nitrogens with zero attached hydrogens (tertiary/aromatic N) is 2. The molecule has 1 aromatic rings. The number of benzene rings is 1. The normalized spacial score (nSPS) is 15.5. The Bertz CT molecular complexity index is 491. The highest BCUT2D eigenvalue weighted by atomic mass is 16.5. The third kappa shape index (κ3) is 4.84. The summed E-state index contributed by atoms with van der Waals surface area (Å²) < 4.78 is 15.6. The van der Waals surface area contributed by atoms with E-state index in [0.717, 1.165) is 45.8 Å². The van der Waals surface area contributed by atoms with E-state index in [1.54, 1.807) is 39.5 Å². The number of carbonyl (C=O) groups is 1. The minimum atomic E-state index is 0.0266. The Labute approximate surface area is 137 Å². The van der Waals surface area contributed by atoms with Crippen molar-refractivity contribution in [3.8, 4) is 11.5 Å². The summed E-state index contributed by atoms with van der Waals surface area (Å²) in [5.41, 5.74) is 0.606. The van der Waals surface area contributed by atoms with Crippen molar-refractivity contribution in [1.29, 1.82) is 0 Å². The van der Waals surface area contributed by atoms with E-state index in [1.165, 1.54) is 0 Å². The maximum absolute atomic E-state index is 12.7. The summed E-state index contributed by atoms with van der Waals surface area (Å²) in [5.74, 6) is 1.29. The molecule has 6 nitrogen and oxygen atoms in total. The van der Waals surface area contributed by atoms with Crippen LogP contribution in [0.25, 0.3) is 0 Å². The Morgan fingerprint density at radius 1 is 1.00 bits per heavy atom. The molecule has 0 saturated carbocycles. The van der Waals surface area contributed by atoms with Gasteiger partial charge in [0.25, 0.3) is 5.91 Å². The summed E-state index contributed by atoms with van der Waals surface area (Å²) in [5, 5.41) is 0. The standard InChI is InChI=1S/C17H26N2O4/c1-21-10-4-5-18-6-8-19(9-7-18)17(20)14-11-15(22-2)13-16(12-14)23-3/h11-13H,4-10H2,1-3H3. The molecule has 2 rings (SSSR count). The van der Waals surface area contributed by atoms with Crippen molar-refractivity contribution in [2.45, 2.75) is 6.42 Å². The lowest BCUT2D eigenvalue weighted by atomic mass is 10.1. The molecule has 1 fully saturated rings. The van der Waals surface area contributed by atoms with Crippen LogP contribution in [0.5, 0.6) is 11.5 Å². The quantitative estimate of drug-likeness (QED) is 0.712. The third-order valence-corrected chi connectivity index (χ3v) is 4.08. The Hall–Kier alpha value is -1.79. The SMILES string of the molecule is COCCCN1CCN(C(=O)c2cc(OC)cc(OC)c2)CC1. The van der Waals surface area contributed by atoms with Gasteiger partial charge in [-0.3, -0.25) is 9.69 Å². The number of methoxy groups -OCH3 is 3. The lowest BCUT2D eigenvalue weighted by Gasteiger charge is -2.34. The van der Waals surface area contributed by atoms with Gasteiger partial charge in [-0.05, 0) is 18.6 Å². The highest BCUT2D eigenvalue weighted by Gasteiger charge is 2.22. The first-order chi connectivity index (χ1) is 11.2. The Morgan fingerprint density at radius 3 is 2.13 bits per heavy atom. The van der Waals surface area contributed by atoms with E-state index in [1.807, 2.05) is 4.90 Å². The number of ether oxygens (including phenoxy) is 3. The van der Waals surface area contributed by atoms with Crippen molar-refractivity contribution in [2.75, 3.05) is 60.7 Å². The van der Waals surface area contributed by atoms with Crippen LogP contribution in [0.15, 0.2) is 18.2 Å². The van der Waals surface area contributed by atoms with E-state index in [4.69, 9.17) is 14.2 Å². The molecule has 1 saturated heterocycles. The van der Waals surface area contributed by atoms with E-state index < -0.39 is 0 Å². The van der Waals surface area contributed by atoms with Crippen LogP contribution in [0.1, 0.15) is 16.8 Å². The lowest BCUT2D eigenvalue weighted by Crippen LogP contribution is -2.48. The predicted molar refractivity (Wildman–Crippen MR) is 88.4 cm³/mol. The molecule has 1 aliphatic rings. The number of rotatable bonds is 7. The highest BCUT2D eigenvalue weighted by molar-refractivity contribution is 5.95. The molecule has 0 spiro atoms. The molecular weight excluding hydrogens is 296 g/mol. The smallest absolute Gasteiger partial charge is 0.254 e. The second kappa shape index (κ2) is 8.74. The van der Waals surface area contributed by atoms with Crippen LogP contribution in [0.4, 0.5) is 0 Å². The summed E-state index contributed by atoms with van der Waals surface area (Å²) in [4.78, 5) is 16.9. The zero-order valence-electron chi connectivity index (χ0n) is 14.2. The number of amides is 1. The van der Waals surface area contributed by atoms with E-state index in [2.05, 4.69) is 4.90 Å². The Kier molecular flexibility index (Phi) is 6.67. The van der Waals surface area contributed by atoms with Crippen molar-refractivity contribution in [3.63, 3.8) is 0 Å². The average molecular weight is 322 g/mol. The molecule has 0 aliphatic carbocycles. The lowest BCUT2D eigenvalue weighted by molar-refractivity contribution is 0.0623. The molecule has 0 unspecified atom stereocenters. The third-order valence-electron chi connectivity index (χ3n) is 4.08.